The Morgan fingerprint density at radius 2 is 2.15 bits per heavy atom. The fourth-order valence-corrected chi connectivity index (χ4v) is 4.93. The molecule has 0 radical (unpaired) electrons. The van der Waals surface area contributed by atoms with Crippen LogP contribution in [0.25, 0.3) is 0 Å². The first-order chi connectivity index (χ1) is 9.56. The van der Waals surface area contributed by atoms with Crippen LogP contribution in [-0.4, -0.2) is 33.7 Å². The summed E-state index contributed by atoms with van der Waals surface area (Å²) in [6, 6.07) is 1.68. The molecule has 1 fully saturated rings. The summed E-state index contributed by atoms with van der Waals surface area (Å²) in [6.07, 6.45) is 1.73. The van der Waals surface area contributed by atoms with E-state index >= 15 is 0 Å². The molecule has 1 aromatic heterocycles. The van der Waals surface area contributed by atoms with Crippen molar-refractivity contribution in [2.75, 3.05) is 13.2 Å². The molecule has 20 heavy (non-hydrogen) atoms. The second kappa shape index (κ2) is 7.00. The lowest BCUT2D eigenvalue weighted by Crippen LogP contribution is -2.47. The summed E-state index contributed by atoms with van der Waals surface area (Å²) >= 11 is 1.47. The van der Waals surface area contributed by atoms with Crippen LogP contribution in [0.15, 0.2) is 16.3 Å². The van der Waals surface area contributed by atoms with Gasteiger partial charge in [-0.25, -0.2) is 13.1 Å². The van der Waals surface area contributed by atoms with Crippen molar-refractivity contribution < 1.29 is 13.2 Å². The van der Waals surface area contributed by atoms with E-state index in [1.54, 1.807) is 6.07 Å². The van der Waals surface area contributed by atoms with Crippen LogP contribution in [0.4, 0.5) is 0 Å². The number of hydrogen-bond donors (Lipinski definition) is 2. The molecule has 2 rings (SSSR count). The first-order valence-electron chi connectivity index (χ1n) is 6.97. The van der Waals surface area contributed by atoms with E-state index in [0.717, 1.165) is 24.3 Å². The van der Waals surface area contributed by atoms with Gasteiger partial charge in [-0.3, -0.25) is 0 Å². The molecule has 1 aliphatic rings. The molecular weight excluding hydrogens is 296 g/mol. The van der Waals surface area contributed by atoms with Crippen molar-refractivity contribution >= 4 is 21.4 Å². The van der Waals surface area contributed by atoms with Crippen molar-refractivity contribution in [3.8, 4) is 0 Å². The molecule has 0 spiro atoms. The Kier molecular flexibility index (Phi) is 5.57. The van der Waals surface area contributed by atoms with E-state index in [0.29, 0.717) is 18.0 Å². The summed E-state index contributed by atoms with van der Waals surface area (Å²) in [5.74, 6) is 0. The molecule has 0 amide bonds. The van der Waals surface area contributed by atoms with E-state index in [4.69, 9.17) is 4.74 Å². The van der Waals surface area contributed by atoms with Gasteiger partial charge >= 0.3 is 0 Å². The Balaban J connectivity index is 1.95. The Hall–Kier alpha value is -0.470. The van der Waals surface area contributed by atoms with Crippen molar-refractivity contribution in [2.45, 2.75) is 50.3 Å². The molecule has 1 aliphatic carbocycles. The maximum absolute atomic E-state index is 12.4. The second-order valence-corrected chi connectivity index (χ2v) is 7.54. The zero-order valence-electron chi connectivity index (χ0n) is 11.9. The minimum atomic E-state index is -3.41. The third-order valence-corrected chi connectivity index (χ3v) is 6.00. The normalized spacial score (nSPS) is 22.7. The van der Waals surface area contributed by atoms with Crippen LogP contribution in [0, 0.1) is 0 Å². The van der Waals surface area contributed by atoms with Crippen LogP contribution in [0.1, 0.15) is 31.6 Å². The van der Waals surface area contributed by atoms with Gasteiger partial charge in [-0.1, -0.05) is 6.92 Å². The molecule has 7 heteroatoms. The van der Waals surface area contributed by atoms with Gasteiger partial charge in [0.05, 0.1) is 11.0 Å². The fourth-order valence-electron chi connectivity index (χ4n) is 2.25. The highest BCUT2D eigenvalue weighted by Gasteiger charge is 2.33. The van der Waals surface area contributed by atoms with E-state index < -0.39 is 10.0 Å². The Bertz CT molecular complexity index is 521. The van der Waals surface area contributed by atoms with Gasteiger partial charge in [-0.05, 0) is 37.8 Å². The first kappa shape index (κ1) is 15.9. The highest BCUT2D eigenvalue weighted by atomic mass is 32.2. The van der Waals surface area contributed by atoms with E-state index in [9.17, 15) is 8.42 Å². The summed E-state index contributed by atoms with van der Waals surface area (Å²) in [5, 5.41) is 4.99. The van der Waals surface area contributed by atoms with Gasteiger partial charge in [-0.15, -0.1) is 11.3 Å². The largest absolute Gasteiger partial charge is 0.378 e. The lowest BCUT2D eigenvalue weighted by atomic mass is 9.90. The van der Waals surface area contributed by atoms with Gasteiger partial charge in [0, 0.05) is 24.1 Å². The number of rotatable bonds is 8. The van der Waals surface area contributed by atoms with Crippen molar-refractivity contribution in [1.82, 2.24) is 10.0 Å². The number of nitrogens with one attached hydrogen (secondary N) is 2. The predicted octanol–water partition coefficient (Wildman–Crippen LogP) is 1.70. The second-order valence-electron chi connectivity index (χ2n) is 4.86. The fraction of sp³-hybridized carbons (Fsp3) is 0.692. The number of ether oxygens (including phenoxy) is 1. The smallest absolute Gasteiger partial charge is 0.241 e. The van der Waals surface area contributed by atoms with Gasteiger partial charge in [-0.2, -0.15) is 0 Å². The quantitative estimate of drug-likeness (QED) is 0.765. The molecule has 0 bridgehead atoms. The minimum Gasteiger partial charge on any atom is -0.378 e. The van der Waals surface area contributed by atoms with Crippen LogP contribution in [-0.2, 0) is 21.3 Å². The summed E-state index contributed by atoms with van der Waals surface area (Å²) in [5.41, 5.74) is 0. The number of sulfonamides is 1. The Labute approximate surface area is 124 Å². The first-order valence-corrected chi connectivity index (χ1v) is 9.34. The molecule has 0 aromatic carbocycles. The molecule has 0 atom stereocenters. The molecule has 0 saturated heterocycles. The van der Waals surface area contributed by atoms with Crippen molar-refractivity contribution in [1.29, 1.82) is 0 Å². The predicted molar refractivity (Wildman–Crippen MR) is 80.5 cm³/mol. The highest BCUT2D eigenvalue weighted by molar-refractivity contribution is 7.89. The lowest BCUT2D eigenvalue weighted by Gasteiger charge is -2.35. The standard InChI is InChI=1S/C13H22N2O3S2/c1-3-14-9-12-13(5-6-19-12)20(16,17)15-10-7-11(8-10)18-4-2/h5-6,10-11,14-15H,3-4,7-9H2,1-2H3. The summed E-state index contributed by atoms with van der Waals surface area (Å²) in [7, 11) is -3.41. The molecule has 0 aliphatic heterocycles. The maximum atomic E-state index is 12.4. The third-order valence-electron chi connectivity index (χ3n) is 3.35. The minimum absolute atomic E-state index is 0.00318. The third kappa shape index (κ3) is 3.79. The SMILES string of the molecule is CCNCc1sccc1S(=O)(=O)NC1CC(OCC)C1. The van der Waals surface area contributed by atoms with Gasteiger partial charge < -0.3 is 10.1 Å². The summed E-state index contributed by atoms with van der Waals surface area (Å²) in [4.78, 5) is 1.27. The average molecular weight is 318 g/mol. The van der Waals surface area contributed by atoms with E-state index in [1.807, 2.05) is 19.2 Å². The number of hydrogen-bond acceptors (Lipinski definition) is 5. The van der Waals surface area contributed by atoms with E-state index in [2.05, 4.69) is 10.0 Å². The van der Waals surface area contributed by atoms with Crippen LogP contribution in [0.5, 0.6) is 0 Å². The van der Waals surface area contributed by atoms with Gasteiger partial charge in [0.15, 0.2) is 0 Å². The molecule has 1 heterocycles. The Morgan fingerprint density at radius 1 is 1.40 bits per heavy atom. The van der Waals surface area contributed by atoms with Crippen LogP contribution in [0.3, 0.4) is 0 Å². The highest BCUT2D eigenvalue weighted by Crippen LogP contribution is 2.27. The molecular formula is C13H22N2O3S2. The van der Waals surface area contributed by atoms with Gasteiger partial charge in [0.1, 0.15) is 0 Å². The van der Waals surface area contributed by atoms with Crippen LogP contribution in [0.2, 0.25) is 0 Å². The summed E-state index contributed by atoms with van der Waals surface area (Å²) < 4.78 is 33.0. The Morgan fingerprint density at radius 3 is 2.80 bits per heavy atom. The zero-order chi connectivity index (χ0) is 14.6. The van der Waals surface area contributed by atoms with Crippen molar-refractivity contribution in [3.05, 3.63) is 16.3 Å². The monoisotopic (exact) mass is 318 g/mol. The zero-order valence-corrected chi connectivity index (χ0v) is 13.5. The molecule has 2 N–H and O–H groups in total. The van der Waals surface area contributed by atoms with E-state index in [-0.39, 0.29) is 12.1 Å². The maximum Gasteiger partial charge on any atom is 0.241 e. The topological polar surface area (TPSA) is 67.4 Å². The molecule has 1 aromatic rings. The van der Waals surface area contributed by atoms with Crippen molar-refractivity contribution in [2.24, 2.45) is 0 Å². The molecule has 114 valence electrons. The van der Waals surface area contributed by atoms with Crippen LogP contribution >= 0.6 is 11.3 Å². The van der Waals surface area contributed by atoms with E-state index in [1.165, 1.54) is 11.3 Å². The van der Waals surface area contributed by atoms with Gasteiger partial charge in [0.2, 0.25) is 10.0 Å². The van der Waals surface area contributed by atoms with Gasteiger partial charge in [0.25, 0.3) is 0 Å². The number of thiophene rings is 1. The summed E-state index contributed by atoms with van der Waals surface area (Å²) in [6.45, 7) is 6.06. The van der Waals surface area contributed by atoms with Crippen LogP contribution < -0.4 is 10.0 Å². The molecule has 5 nitrogen and oxygen atoms in total. The molecule has 0 unspecified atom stereocenters. The molecule has 1 saturated carbocycles. The lowest BCUT2D eigenvalue weighted by molar-refractivity contribution is -0.00475. The van der Waals surface area contributed by atoms with Crippen molar-refractivity contribution in [3.63, 3.8) is 0 Å². The average Bonchev–Trinajstić information content (AvgIpc) is 2.83.